The smallest absolute Gasteiger partial charge is 0.235 e. The van der Waals surface area contributed by atoms with Crippen LogP contribution in [0.3, 0.4) is 0 Å². The van der Waals surface area contributed by atoms with E-state index >= 15 is 0 Å². The Labute approximate surface area is 122 Å². The van der Waals surface area contributed by atoms with Gasteiger partial charge in [-0.2, -0.15) is 5.10 Å². The molecule has 1 amide bonds. The van der Waals surface area contributed by atoms with E-state index in [1.807, 2.05) is 38.2 Å². The molecular weight excluding hydrogens is 272 g/mol. The van der Waals surface area contributed by atoms with Gasteiger partial charge in [-0.05, 0) is 25.5 Å². The number of hydrogen-bond acceptors (Lipinski definition) is 4. The van der Waals surface area contributed by atoms with Gasteiger partial charge in [-0.1, -0.05) is 6.07 Å². The third kappa shape index (κ3) is 4.09. The third-order valence-corrected chi connectivity index (χ3v) is 3.66. The Morgan fingerprint density at radius 1 is 1.40 bits per heavy atom. The molecular formula is C14H18N4OS. The van der Waals surface area contributed by atoms with Gasteiger partial charge in [0, 0.05) is 30.3 Å². The van der Waals surface area contributed by atoms with Crippen molar-refractivity contribution in [1.29, 1.82) is 0 Å². The lowest BCUT2D eigenvalue weighted by molar-refractivity contribution is -0.113. The molecule has 0 aliphatic heterocycles. The molecule has 0 fully saturated rings. The Bertz CT molecular complexity index is 553. The monoisotopic (exact) mass is 290 g/mol. The van der Waals surface area contributed by atoms with E-state index in [1.54, 1.807) is 28.8 Å². The van der Waals surface area contributed by atoms with Gasteiger partial charge in [-0.25, -0.2) is 4.68 Å². The molecule has 0 bridgehead atoms. The van der Waals surface area contributed by atoms with E-state index in [-0.39, 0.29) is 11.9 Å². The molecule has 0 aliphatic carbocycles. The maximum absolute atomic E-state index is 11.9. The van der Waals surface area contributed by atoms with Gasteiger partial charge < -0.3 is 5.32 Å². The molecule has 6 heteroatoms. The normalized spacial score (nSPS) is 10.8. The Hall–Kier alpha value is -1.82. The minimum atomic E-state index is -0.0127. The van der Waals surface area contributed by atoms with Crippen LogP contribution in [0.4, 0.5) is 5.82 Å². The van der Waals surface area contributed by atoms with Crippen molar-refractivity contribution < 1.29 is 4.79 Å². The van der Waals surface area contributed by atoms with Gasteiger partial charge in [-0.15, -0.1) is 11.8 Å². The molecule has 0 unspecified atom stereocenters. The molecule has 0 saturated heterocycles. The fourth-order valence-corrected chi connectivity index (χ4v) is 2.51. The van der Waals surface area contributed by atoms with Crippen molar-refractivity contribution in [2.24, 2.45) is 0 Å². The van der Waals surface area contributed by atoms with Crippen LogP contribution in [0.25, 0.3) is 0 Å². The molecule has 0 radical (unpaired) electrons. The topological polar surface area (TPSA) is 59.8 Å². The van der Waals surface area contributed by atoms with Crippen molar-refractivity contribution in [2.75, 3.05) is 11.1 Å². The van der Waals surface area contributed by atoms with Crippen molar-refractivity contribution in [3.05, 3.63) is 42.4 Å². The minimum absolute atomic E-state index is 0.0127. The van der Waals surface area contributed by atoms with E-state index in [0.29, 0.717) is 5.75 Å². The maximum atomic E-state index is 11.9. The van der Waals surface area contributed by atoms with Crippen LogP contribution in [0.15, 0.2) is 36.8 Å². The molecule has 0 spiro atoms. The minimum Gasteiger partial charge on any atom is -0.310 e. The molecule has 2 rings (SSSR count). The number of anilines is 1. The van der Waals surface area contributed by atoms with Gasteiger partial charge in [0.1, 0.15) is 5.82 Å². The summed E-state index contributed by atoms with van der Waals surface area (Å²) in [5.74, 6) is 1.93. The lowest BCUT2D eigenvalue weighted by Crippen LogP contribution is -2.18. The average Bonchev–Trinajstić information content (AvgIpc) is 2.88. The summed E-state index contributed by atoms with van der Waals surface area (Å²) in [6, 6.07) is 5.94. The highest BCUT2D eigenvalue weighted by atomic mass is 32.2. The summed E-state index contributed by atoms with van der Waals surface area (Å²) >= 11 is 1.57. The summed E-state index contributed by atoms with van der Waals surface area (Å²) in [5, 5.41) is 7.07. The summed E-state index contributed by atoms with van der Waals surface area (Å²) in [6.45, 7) is 4.06. The van der Waals surface area contributed by atoms with E-state index in [4.69, 9.17) is 0 Å². The Morgan fingerprint density at radius 3 is 2.95 bits per heavy atom. The second-order valence-electron chi connectivity index (χ2n) is 4.66. The fraction of sp³-hybridized carbons (Fsp3) is 0.357. The Balaban J connectivity index is 1.79. The first-order valence-electron chi connectivity index (χ1n) is 6.47. The standard InChI is InChI=1S/C14H18N4OS/c1-11(2)18-13(5-7-16-18)17-14(19)10-20-9-12-4-3-6-15-8-12/h3-8,11H,9-10H2,1-2H3,(H,17,19). The summed E-state index contributed by atoms with van der Waals surface area (Å²) in [7, 11) is 0. The molecule has 2 aromatic heterocycles. The van der Waals surface area contributed by atoms with Crippen LogP contribution in [0, 0.1) is 0 Å². The predicted octanol–water partition coefficient (Wildman–Crippen LogP) is 2.73. The summed E-state index contributed by atoms with van der Waals surface area (Å²) < 4.78 is 1.80. The van der Waals surface area contributed by atoms with Gasteiger partial charge in [-0.3, -0.25) is 9.78 Å². The molecule has 2 heterocycles. The van der Waals surface area contributed by atoms with Crippen LogP contribution in [0.5, 0.6) is 0 Å². The first kappa shape index (κ1) is 14.6. The van der Waals surface area contributed by atoms with Crippen molar-refractivity contribution in [3.8, 4) is 0 Å². The first-order valence-corrected chi connectivity index (χ1v) is 7.62. The summed E-state index contributed by atoms with van der Waals surface area (Å²) in [6.07, 6.45) is 5.26. The molecule has 106 valence electrons. The molecule has 0 aliphatic rings. The number of hydrogen-bond donors (Lipinski definition) is 1. The van der Waals surface area contributed by atoms with Crippen LogP contribution < -0.4 is 5.32 Å². The van der Waals surface area contributed by atoms with Crippen LogP contribution in [0.1, 0.15) is 25.5 Å². The number of carbonyl (C=O) groups excluding carboxylic acids is 1. The zero-order valence-corrected chi connectivity index (χ0v) is 12.4. The molecule has 20 heavy (non-hydrogen) atoms. The highest BCUT2D eigenvalue weighted by molar-refractivity contribution is 7.99. The number of nitrogens with zero attached hydrogens (tertiary/aromatic N) is 3. The molecule has 0 saturated carbocycles. The van der Waals surface area contributed by atoms with Gasteiger partial charge in [0.15, 0.2) is 0 Å². The third-order valence-electron chi connectivity index (χ3n) is 2.65. The molecule has 2 aromatic rings. The number of pyridine rings is 1. The lowest BCUT2D eigenvalue weighted by Gasteiger charge is -2.11. The SMILES string of the molecule is CC(C)n1nccc1NC(=O)CSCc1cccnc1. The van der Waals surface area contributed by atoms with Gasteiger partial charge >= 0.3 is 0 Å². The van der Waals surface area contributed by atoms with Gasteiger partial charge in [0.05, 0.1) is 11.9 Å². The second kappa shape index (κ2) is 7.09. The second-order valence-corrected chi connectivity index (χ2v) is 5.64. The van der Waals surface area contributed by atoms with Crippen molar-refractivity contribution >= 4 is 23.5 Å². The van der Waals surface area contributed by atoms with Crippen LogP contribution in [0.2, 0.25) is 0 Å². The first-order chi connectivity index (χ1) is 9.66. The molecule has 0 atom stereocenters. The number of rotatable bonds is 6. The summed E-state index contributed by atoms with van der Waals surface area (Å²) in [5.41, 5.74) is 1.12. The van der Waals surface area contributed by atoms with Crippen LogP contribution >= 0.6 is 11.8 Å². The lowest BCUT2D eigenvalue weighted by atomic mass is 10.3. The highest BCUT2D eigenvalue weighted by Gasteiger charge is 2.09. The van der Waals surface area contributed by atoms with E-state index in [0.717, 1.165) is 17.1 Å². The van der Waals surface area contributed by atoms with Crippen molar-refractivity contribution in [1.82, 2.24) is 14.8 Å². The van der Waals surface area contributed by atoms with E-state index in [1.165, 1.54) is 0 Å². The van der Waals surface area contributed by atoms with Crippen molar-refractivity contribution in [2.45, 2.75) is 25.6 Å². The average molecular weight is 290 g/mol. The zero-order chi connectivity index (χ0) is 14.4. The number of aromatic nitrogens is 3. The zero-order valence-electron chi connectivity index (χ0n) is 11.6. The molecule has 1 N–H and O–H groups in total. The summed E-state index contributed by atoms with van der Waals surface area (Å²) in [4.78, 5) is 15.9. The highest BCUT2D eigenvalue weighted by Crippen LogP contribution is 2.15. The Morgan fingerprint density at radius 2 is 2.25 bits per heavy atom. The van der Waals surface area contributed by atoms with Crippen LogP contribution in [-0.4, -0.2) is 26.4 Å². The Kier molecular flexibility index (Phi) is 5.17. The van der Waals surface area contributed by atoms with Gasteiger partial charge in [0.2, 0.25) is 5.91 Å². The van der Waals surface area contributed by atoms with E-state index in [9.17, 15) is 4.79 Å². The van der Waals surface area contributed by atoms with E-state index < -0.39 is 0 Å². The fourth-order valence-electron chi connectivity index (χ4n) is 1.75. The van der Waals surface area contributed by atoms with Crippen molar-refractivity contribution in [3.63, 3.8) is 0 Å². The quantitative estimate of drug-likeness (QED) is 0.888. The maximum Gasteiger partial charge on any atom is 0.235 e. The predicted molar refractivity (Wildman–Crippen MR) is 81.6 cm³/mol. The number of carbonyl (C=O) groups is 1. The molecule has 0 aromatic carbocycles. The number of nitrogens with one attached hydrogen (secondary N) is 1. The van der Waals surface area contributed by atoms with Crippen LogP contribution in [-0.2, 0) is 10.5 Å². The molecule has 5 nitrogen and oxygen atoms in total. The number of thioether (sulfide) groups is 1. The van der Waals surface area contributed by atoms with Gasteiger partial charge in [0.25, 0.3) is 0 Å². The largest absolute Gasteiger partial charge is 0.310 e. The number of amides is 1. The van der Waals surface area contributed by atoms with E-state index in [2.05, 4.69) is 15.4 Å².